The molecule has 1 aromatic carbocycles. The van der Waals surface area contributed by atoms with Crippen molar-refractivity contribution in [3.8, 4) is 0 Å². The van der Waals surface area contributed by atoms with Crippen LogP contribution >= 0.6 is 0 Å². The molecular formula is C17H28N2. The lowest BCUT2D eigenvalue weighted by Crippen LogP contribution is -2.29. The lowest BCUT2D eigenvalue weighted by Gasteiger charge is -2.20. The molecule has 2 nitrogen and oxygen atoms in total. The van der Waals surface area contributed by atoms with Gasteiger partial charge in [-0.1, -0.05) is 17.7 Å². The molecule has 1 N–H and O–H groups in total. The van der Waals surface area contributed by atoms with Crippen LogP contribution in [-0.2, 0) is 6.42 Å². The Morgan fingerprint density at radius 3 is 2.53 bits per heavy atom. The maximum absolute atomic E-state index is 3.47. The van der Waals surface area contributed by atoms with Gasteiger partial charge in [0.25, 0.3) is 0 Å². The van der Waals surface area contributed by atoms with E-state index in [1.807, 2.05) is 0 Å². The summed E-state index contributed by atoms with van der Waals surface area (Å²) in [5.74, 6) is 0. The number of hydrogen-bond donors (Lipinski definition) is 1. The first kappa shape index (κ1) is 14.5. The zero-order chi connectivity index (χ0) is 13.7. The monoisotopic (exact) mass is 260 g/mol. The summed E-state index contributed by atoms with van der Waals surface area (Å²) in [5.41, 5.74) is 5.89. The minimum Gasteiger partial charge on any atom is -0.315 e. The normalized spacial score (nSPS) is 17.4. The first-order chi connectivity index (χ1) is 9.16. The zero-order valence-corrected chi connectivity index (χ0v) is 12.8. The maximum Gasteiger partial charge on any atom is 0.0107 e. The van der Waals surface area contributed by atoms with Crippen molar-refractivity contribution in [2.24, 2.45) is 0 Å². The average molecular weight is 260 g/mol. The lowest BCUT2D eigenvalue weighted by molar-refractivity contribution is 0.289. The number of benzene rings is 1. The van der Waals surface area contributed by atoms with Gasteiger partial charge in [-0.2, -0.15) is 0 Å². The van der Waals surface area contributed by atoms with Gasteiger partial charge < -0.3 is 10.2 Å². The molecule has 19 heavy (non-hydrogen) atoms. The van der Waals surface area contributed by atoms with Gasteiger partial charge >= 0.3 is 0 Å². The highest BCUT2D eigenvalue weighted by Gasteiger charge is 2.09. The minimum atomic E-state index is 1.16. The third kappa shape index (κ3) is 4.32. The molecule has 1 fully saturated rings. The van der Waals surface area contributed by atoms with Crippen LogP contribution in [0.1, 0.15) is 35.1 Å². The van der Waals surface area contributed by atoms with E-state index in [0.717, 1.165) is 6.54 Å². The molecule has 0 unspecified atom stereocenters. The maximum atomic E-state index is 3.47. The van der Waals surface area contributed by atoms with E-state index < -0.39 is 0 Å². The SMILES string of the molecule is Cc1cc(C)c(CCCN2CCCNCC2)c(C)c1. The highest BCUT2D eigenvalue weighted by molar-refractivity contribution is 5.37. The van der Waals surface area contributed by atoms with Crippen LogP contribution in [0.15, 0.2) is 12.1 Å². The highest BCUT2D eigenvalue weighted by Crippen LogP contribution is 2.18. The Bertz CT molecular complexity index is 381. The molecule has 1 heterocycles. The van der Waals surface area contributed by atoms with Gasteiger partial charge in [-0.05, 0) is 76.4 Å². The van der Waals surface area contributed by atoms with E-state index in [2.05, 4.69) is 43.1 Å². The lowest BCUT2D eigenvalue weighted by atomic mass is 9.96. The zero-order valence-electron chi connectivity index (χ0n) is 12.8. The molecule has 0 bridgehead atoms. The molecule has 0 saturated carbocycles. The van der Waals surface area contributed by atoms with Gasteiger partial charge in [0.15, 0.2) is 0 Å². The molecule has 0 spiro atoms. The van der Waals surface area contributed by atoms with Crippen molar-refractivity contribution in [3.63, 3.8) is 0 Å². The molecule has 1 saturated heterocycles. The second kappa shape index (κ2) is 7.06. The van der Waals surface area contributed by atoms with Crippen LogP contribution in [0, 0.1) is 20.8 Å². The summed E-state index contributed by atoms with van der Waals surface area (Å²) in [6.07, 6.45) is 3.80. The smallest absolute Gasteiger partial charge is 0.0107 e. The molecule has 0 radical (unpaired) electrons. The van der Waals surface area contributed by atoms with Gasteiger partial charge in [-0.3, -0.25) is 0 Å². The first-order valence-electron chi connectivity index (χ1n) is 7.66. The Labute approximate surface area is 118 Å². The molecule has 2 heteroatoms. The van der Waals surface area contributed by atoms with Crippen LogP contribution in [-0.4, -0.2) is 37.6 Å². The predicted octanol–water partition coefficient (Wildman–Crippen LogP) is 2.84. The molecule has 1 aliphatic heterocycles. The number of aryl methyl sites for hydroxylation is 3. The van der Waals surface area contributed by atoms with Crippen LogP contribution in [0.2, 0.25) is 0 Å². The Morgan fingerprint density at radius 2 is 1.79 bits per heavy atom. The Morgan fingerprint density at radius 1 is 1.05 bits per heavy atom. The van der Waals surface area contributed by atoms with Crippen molar-refractivity contribution >= 4 is 0 Å². The molecular weight excluding hydrogens is 232 g/mol. The summed E-state index contributed by atoms with van der Waals surface area (Å²) < 4.78 is 0. The van der Waals surface area contributed by atoms with Gasteiger partial charge in [0, 0.05) is 13.1 Å². The third-order valence-corrected chi connectivity index (χ3v) is 4.17. The van der Waals surface area contributed by atoms with Crippen LogP contribution < -0.4 is 5.32 Å². The molecule has 106 valence electrons. The van der Waals surface area contributed by atoms with Crippen LogP contribution in [0.3, 0.4) is 0 Å². The van der Waals surface area contributed by atoms with E-state index in [1.54, 1.807) is 5.56 Å². The summed E-state index contributed by atoms with van der Waals surface area (Å²) >= 11 is 0. The fourth-order valence-electron chi connectivity index (χ4n) is 3.21. The third-order valence-electron chi connectivity index (χ3n) is 4.17. The molecule has 0 aromatic heterocycles. The van der Waals surface area contributed by atoms with Gasteiger partial charge in [0.2, 0.25) is 0 Å². The topological polar surface area (TPSA) is 15.3 Å². The van der Waals surface area contributed by atoms with Crippen molar-refractivity contribution < 1.29 is 0 Å². The minimum absolute atomic E-state index is 1.16. The summed E-state index contributed by atoms with van der Waals surface area (Å²) in [5, 5.41) is 3.47. The molecule has 2 rings (SSSR count). The van der Waals surface area contributed by atoms with E-state index >= 15 is 0 Å². The van der Waals surface area contributed by atoms with E-state index in [9.17, 15) is 0 Å². The van der Waals surface area contributed by atoms with Crippen molar-refractivity contribution in [2.45, 2.75) is 40.0 Å². The summed E-state index contributed by atoms with van der Waals surface area (Å²) in [6.45, 7) is 12.8. The fourth-order valence-corrected chi connectivity index (χ4v) is 3.21. The van der Waals surface area contributed by atoms with E-state index in [4.69, 9.17) is 0 Å². The first-order valence-corrected chi connectivity index (χ1v) is 7.66. The van der Waals surface area contributed by atoms with Crippen molar-refractivity contribution in [1.29, 1.82) is 0 Å². The second-order valence-corrected chi connectivity index (χ2v) is 5.93. The number of nitrogens with one attached hydrogen (secondary N) is 1. The van der Waals surface area contributed by atoms with Gasteiger partial charge in [-0.25, -0.2) is 0 Å². The molecule has 0 atom stereocenters. The Balaban J connectivity index is 1.85. The van der Waals surface area contributed by atoms with Crippen molar-refractivity contribution in [2.75, 3.05) is 32.7 Å². The van der Waals surface area contributed by atoms with Gasteiger partial charge in [-0.15, -0.1) is 0 Å². The van der Waals surface area contributed by atoms with Crippen LogP contribution in [0.25, 0.3) is 0 Å². The molecule has 1 aromatic rings. The van der Waals surface area contributed by atoms with Gasteiger partial charge in [0.1, 0.15) is 0 Å². The summed E-state index contributed by atoms with van der Waals surface area (Å²) in [4.78, 5) is 2.61. The van der Waals surface area contributed by atoms with E-state index in [0.29, 0.717) is 0 Å². The Kier molecular flexibility index (Phi) is 5.41. The number of hydrogen-bond acceptors (Lipinski definition) is 2. The number of nitrogens with zero attached hydrogens (tertiary/aromatic N) is 1. The molecule has 0 amide bonds. The highest BCUT2D eigenvalue weighted by atomic mass is 15.1. The van der Waals surface area contributed by atoms with Crippen LogP contribution in [0.4, 0.5) is 0 Å². The summed E-state index contributed by atoms with van der Waals surface area (Å²) in [6, 6.07) is 4.64. The van der Waals surface area contributed by atoms with E-state index in [-0.39, 0.29) is 0 Å². The largest absolute Gasteiger partial charge is 0.315 e. The Hall–Kier alpha value is -0.860. The molecule has 0 aliphatic carbocycles. The van der Waals surface area contributed by atoms with Crippen LogP contribution in [0.5, 0.6) is 0 Å². The standard InChI is InChI=1S/C17H28N2/c1-14-12-15(2)17(16(3)13-14)6-4-9-19-10-5-7-18-8-11-19/h12-13,18H,4-11H2,1-3H3. The summed E-state index contributed by atoms with van der Waals surface area (Å²) in [7, 11) is 0. The quantitative estimate of drug-likeness (QED) is 0.895. The number of rotatable bonds is 4. The van der Waals surface area contributed by atoms with Crippen molar-refractivity contribution in [1.82, 2.24) is 10.2 Å². The molecule has 1 aliphatic rings. The average Bonchev–Trinajstić information content (AvgIpc) is 2.61. The van der Waals surface area contributed by atoms with E-state index in [1.165, 1.54) is 62.1 Å². The fraction of sp³-hybridized carbons (Fsp3) is 0.647. The second-order valence-electron chi connectivity index (χ2n) is 5.93. The predicted molar refractivity (Wildman–Crippen MR) is 82.9 cm³/mol. The van der Waals surface area contributed by atoms with Crippen molar-refractivity contribution in [3.05, 3.63) is 34.4 Å². The van der Waals surface area contributed by atoms with Gasteiger partial charge in [0.05, 0.1) is 0 Å².